The molecule has 254 valence electrons. The normalized spacial score (nSPS) is 11.6. The Kier molecular flexibility index (Phi) is 8.68. The van der Waals surface area contributed by atoms with Gasteiger partial charge in [-0.15, -0.1) is 5.10 Å². The van der Waals surface area contributed by atoms with Crippen LogP contribution in [-0.2, 0) is 23.4 Å². The second-order valence-corrected chi connectivity index (χ2v) is 12.6. The van der Waals surface area contributed by atoms with Crippen molar-refractivity contribution in [1.82, 2.24) is 29.8 Å². The van der Waals surface area contributed by atoms with Crippen molar-refractivity contribution in [2.75, 3.05) is 12.8 Å². The third-order valence-corrected chi connectivity index (χ3v) is 9.47. The van der Waals surface area contributed by atoms with Crippen molar-refractivity contribution in [2.45, 2.75) is 18.7 Å². The van der Waals surface area contributed by atoms with Crippen LogP contribution in [0.3, 0.4) is 0 Å². The lowest BCUT2D eigenvalue weighted by molar-refractivity contribution is 0.173. The molecule has 6 aromatic carbocycles. The fourth-order valence-electron chi connectivity index (χ4n) is 7.07. The van der Waals surface area contributed by atoms with Gasteiger partial charge in [-0.25, -0.2) is 9.67 Å². The number of benzene rings is 6. The zero-order chi connectivity index (χ0) is 35.5. The van der Waals surface area contributed by atoms with Crippen LogP contribution in [0.25, 0.3) is 33.4 Å². The Bertz CT molecular complexity index is 2440. The second kappa shape index (κ2) is 13.9. The zero-order valence-electron chi connectivity index (χ0n) is 28.5. The smallest absolute Gasteiger partial charge is 0.261 e. The Morgan fingerprint density at radius 3 is 1.87 bits per heavy atom. The van der Waals surface area contributed by atoms with Crippen molar-refractivity contribution < 1.29 is 4.74 Å². The summed E-state index contributed by atoms with van der Waals surface area (Å²) in [6, 6.07) is 52.6. The number of nitrogen functional groups attached to an aromatic ring is 1. The molecule has 0 fully saturated rings. The van der Waals surface area contributed by atoms with Crippen LogP contribution in [0.1, 0.15) is 28.1 Å². The largest absolute Gasteiger partial charge is 0.399 e. The van der Waals surface area contributed by atoms with Crippen LogP contribution in [0.2, 0.25) is 0 Å². The van der Waals surface area contributed by atoms with Gasteiger partial charge in [0.15, 0.2) is 5.82 Å². The van der Waals surface area contributed by atoms with E-state index in [1.165, 1.54) is 0 Å². The topological polar surface area (TPSA) is 114 Å². The summed E-state index contributed by atoms with van der Waals surface area (Å²) in [7, 11) is 1.59. The molecule has 2 heterocycles. The van der Waals surface area contributed by atoms with Gasteiger partial charge in [0, 0.05) is 18.4 Å². The minimum absolute atomic E-state index is 0.163. The average Bonchev–Trinajstić information content (AvgIpc) is 3.69. The Balaban J connectivity index is 1.23. The number of hydrogen-bond acceptors (Lipinski definition) is 7. The van der Waals surface area contributed by atoms with E-state index < -0.39 is 5.54 Å². The van der Waals surface area contributed by atoms with Gasteiger partial charge in [0.2, 0.25) is 0 Å². The minimum atomic E-state index is -0.884. The number of aromatic nitrogens is 6. The van der Waals surface area contributed by atoms with E-state index in [-0.39, 0.29) is 12.2 Å². The molecule has 0 aliphatic carbocycles. The number of nitrogens with two attached hydrogens (primary N) is 1. The molecule has 0 spiro atoms. The highest BCUT2D eigenvalue weighted by Gasteiger charge is 2.42. The molecular formula is C43H35N7O2. The molecule has 8 aromatic rings. The van der Waals surface area contributed by atoms with E-state index in [1.807, 2.05) is 83.5 Å². The highest BCUT2D eigenvalue weighted by Crippen LogP contribution is 2.43. The second-order valence-electron chi connectivity index (χ2n) is 12.6. The predicted octanol–water partition coefficient (Wildman–Crippen LogP) is 7.33. The number of fused-ring (bicyclic) bond motifs is 1. The molecule has 0 saturated carbocycles. The molecule has 9 heteroatoms. The predicted molar refractivity (Wildman–Crippen MR) is 204 cm³/mol. The van der Waals surface area contributed by atoms with Crippen LogP contribution in [0, 0.1) is 0 Å². The zero-order valence-corrected chi connectivity index (χ0v) is 28.5. The van der Waals surface area contributed by atoms with Crippen LogP contribution in [0.15, 0.2) is 163 Å². The lowest BCUT2D eigenvalue weighted by Crippen LogP contribution is -2.39. The molecular weight excluding hydrogens is 647 g/mol. The molecule has 0 amide bonds. The van der Waals surface area contributed by atoms with E-state index >= 15 is 0 Å². The van der Waals surface area contributed by atoms with Crippen LogP contribution in [0.5, 0.6) is 0 Å². The Morgan fingerprint density at radius 1 is 0.692 bits per heavy atom. The van der Waals surface area contributed by atoms with Crippen LogP contribution >= 0.6 is 0 Å². The first-order valence-corrected chi connectivity index (χ1v) is 17.0. The summed E-state index contributed by atoms with van der Waals surface area (Å²) < 4.78 is 9.01. The third-order valence-electron chi connectivity index (χ3n) is 9.47. The Morgan fingerprint density at radius 2 is 1.27 bits per heavy atom. The summed E-state index contributed by atoms with van der Waals surface area (Å²) in [5.74, 6) is 1.17. The number of nitrogens with zero attached hydrogens (tertiary/aromatic N) is 6. The fraction of sp³-hybridized carbons (Fsp3) is 0.0930. The van der Waals surface area contributed by atoms with E-state index in [0.29, 0.717) is 34.8 Å². The van der Waals surface area contributed by atoms with Gasteiger partial charge in [-0.1, -0.05) is 140 Å². The molecule has 0 saturated heterocycles. The van der Waals surface area contributed by atoms with Gasteiger partial charge in [0.25, 0.3) is 5.56 Å². The van der Waals surface area contributed by atoms with Crippen molar-refractivity contribution in [3.63, 3.8) is 0 Å². The van der Waals surface area contributed by atoms with Gasteiger partial charge >= 0.3 is 0 Å². The number of ether oxygens (including phenoxy) is 1. The van der Waals surface area contributed by atoms with Crippen molar-refractivity contribution >= 4 is 16.6 Å². The number of anilines is 1. The SMILES string of the molecule is COCc1nc2ccc(N)cc2c(=O)n1Cc1ccc(-c2ccccc2-c2nnnn2C(c2ccccc2)(c2ccccc2)c2ccccc2)cc1. The average molecular weight is 682 g/mol. The van der Waals surface area contributed by atoms with Crippen LogP contribution < -0.4 is 11.3 Å². The summed E-state index contributed by atoms with van der Waals surface area (Å²) in [6.07, 6.45) is 0. The molecule has 0 bridgehead atoms. The summed E-state index contributed by atoms with van der Waals surface area (Å²) in [4.78, 5) is 18.4. The van der Waals surface area contributed by atoms with Gasteiger partial charge in [0.1, 0.15) is 18.0 Å². The first kappa shape index (κ1) is 32.5. The maximum atomic E-state index is 13.7. The molecule has 0 aliphatic heterocycles. The summed E-state index contributed by atoms with van der Waals surface area (Å²) >= 11 is 0. The van der Waals surface area contributed by atoms with E-state index in [4.69, 9.17) is 25.8 Å². The molecule has 0 aliphatic rings. The molecule has 0 unspecified atom stereocenters. The van der Waals surface area contributed by atoms with Crippen LogP contribution in [-0.4, -0.2) is 36.9 Å². The van der Waals surface area contributed by atoms with Crippen molar-refractivity contribution in [1.29, 1.82) is 0 Å². The number of methoxy groups -OCH3 is 1. The van der Waals surface area contributed by atoms with Gasteiger partial charge in [0.05, 0.1) is 17.4 Å². The van der Waals surface area contributed by atoms with Crippen molar-refractivity contribution in [3.05, 3.63) is 196 Å². The fourth-order valence-corrected chi connectivity index (χ4v) is 7.07. The van der Waals surface area contributed by atoms with Gasteiger partial charge in [-0.2, -0.15) is 0 Å². The maximum absolute atomic E-state index is 13.7. The number of tetrazole rings is 1. The van der Waals surface area contributed by atoms with Crippen molar-refractivity contribution in [2.24, 2.45) is 0 Å². The monoisotopic (exact) mass is 681 g/mol. The highest BCUT2D eigenvalue weighted by molar-refractivity contribution is 5.82. The molecule has 2 N–H and O–H groups in total. The van der Waals surface area contributed by atoms with E-state index in [2.05, 4.69) is 65.9 Å². The summed E-state index contributed by atoms with van der Waals surface area (Å²) in [5.41, 5.74) is 12.9. The maximum Gasteiger partial charge on any atom is 0.261 e. The number of rotatable bonds is 10. The first-order chi connectivity index (χ1) is 25.6. The Labute approximate surface area is 300 Å². The molecule has 52 heavy (non-hydrogen) atoms. The van der Waals surface area contributed by atoms with E-state index in [1.54, 1.807) is 29.9 Å². The standard InChI is InChI=1S/C43H35N7O2/c1-52-29-40-45-39-26-25-35(44)27-38(39)42(51)49(40)28-30-21-23-31(24-22-30)36-19-11-12-20-37(36)41-46-47-48-50(41)43(32-13-5-2-6-14-32,33-15-7-3-8-16-33)34-17-9-4-10-18-34/h2-27H,28-29,44H2,1H3. The minimum Gasteiger partial charge on any atom is -0.399 e. The molecule has 0 radical (unpaired) electrons. The van der Waals surface area contributed by atoms with Crippen LogP contribution in [0.4, 0.5) is 5.69 Å². The molecule has 8 rings (SSSR count). The quantitative estimate of drug-likeness (QED) is 0.119. The lowest BCUT2D eigenvalue weighted by atomic mass is 9.77. The first-order valence-electron chi connectivity index (χ1n) is 17.0. The molecule has 0 atom stereocenters. The Hall–Kier alpha value is -6.71. The summed E-state index contributed by atoms with van der Waals surface area (Å²) in [5, 5.41) is 14.2. The molecule has 2 aromatic heterocycles. The van der Waals surface area contributed by atoms with Gasteiger partial charge in [-0.3, -0.25) is 9.36 Å². The lowest BCUT2D eigenvalue weighted by Gasteiger charge is -2.36. The van der Waals surface area contributed by atoms with Gasteiger partial charge in [-0.05, 0) is 62.0 Å². The van der Waals surface area contributed by atoms with Gasteiger partial charge < -0.3 is 10.5 Å². The third kappa shape index (κ3) is 5.73. The van der Waals surface area contributed by atoms with E-state index in [0.717, 1.165) is 38.9 Å². The van der Waals surface area contributed by atoms with Crippen molar-refractivity contribution in [3.8, 4) is 22.5 Å². The highest BCUT2D eigenvalue weighted by atomic mass is 16.5. The molecule has 9 nitrogen and oxygen atoms in total. The number of hydrogen-bond donors (Lipinski definition) is 1. The summed E-state index contributed by atoms with van der Waals surface area (Å²) in [6.45, 7) is 0.523. The van der Waals surface area contributed by atoms with E-state index in [9.17, 15) is 4.79 Å².